The molecule has 4 N–H and O–H groups in total. The van der Waals surface area contributed by atoms with Crippen LogP contribution in [0, 0.1) is 0 Å². The Morgan fingerprint density at radius 1 is 1.43 bits per heavy atom. The smallest absolute Gasteiger partial charge is 0.423 e. The molecule has 0 aliphatic rings. The summed E-state index contributed by atoms with van der Waals surface area (Å²) in [5, 5.41) is 17.1. The van der Waals surface area contributed by atoms with E-state index in [1.807, 2.05) is 0 Å². The molecule has 0 amide bonds. The highest BCUT2D eigenvalue weighted by Crippen LogP contribution is 2.24. The minimum atomic E-state index is -4.64. The van der Waals surface area contributed by atoms with Gasteiger partial charge in [-0.05, 0) is 6.20 Å². The molecule has 0 unspecified atom stereocenters. The van der Waals surface area contributed by atoms with Crippen molar-refractivity contribution >= 4 is 13.3 Å². The van der Waals surface area contributed by atoms with Crippen molar-refractivity contribution in [1.82, 2.24) is 0 Å². The maximum Gasteiger partial charge on any atom is 0.491 e. The average molecular weight is 208 g/mol. The number of alkyl halides is 3. The zero-order valence-corrected chi connectivity index (χ0v) is 6.99. The maximum atomic E-state index is 11.8. The molecule has 4 nitrogen and oxygen atoms in total. The van der Waals surface area contributed by atoms with Crippen LogP contribution in [0.1, 0.15) is 0 Å². The second-order valence-electron chi connectivity index (χ2n) is 2.24. The fourth-order valence-corrected chi connectivity index (χ4v) is 0.421. The van der Waals surface area contributed by atoms with Crippen molar-refractivity contribution in [2.45, 2.75) is 6.18 Å². The number of rotatable bonds is 3. The fraction of sp³-hybridized carbons (Fsp3) is 0.167. The molecule has 14 heavy (non-hydrogen) atoms. The van der Waals surface area contributed by atoms with Crippen LogP contribution in [0.3, 0.4) is 0 Å². The van der Waals surface area contributed by atoms with Crippen LogP contribution in [0.2, 0.25) is 0 Å². The molecule has 0 aliphatic heterocycles. The zero-order valence-electron chi connectivity index (χ0n) is 6.99. The lowest BCUT2D eigenvalue weighted by Gasteiger charge is -2.04. The van der Waals surface area contributed by atoms with Gasteiger partial charge in [-0.25, -0.2) is 0 Å². The van der Waals surface area contributed by atoms with Crippen molar-refractivity contribution in [3.05, 3.63) is 23.9 Å². The van der Waals surface area contributed by atoms with Gasteiger partial charge in [0.1, 0.15) is 5.70 Å². The third-order valence-corrected chi connectivity index (χ3v) is 1.19. The summed E-state index contributed by atoms with van der Waals surface area (Å²) >= 11 is 0. The van der Waals surface area contributed by atoms with Crippen LogP contribution in [0.4, 0.5) is 13.2 Å². The molecule has 0 saturated carbocycles. The molecule has 0 aliphatic carbocycles. The van der Waals surface area contributed by atoms with Crippen LogP contribution < -0.4 is 5.73 Å². The number of hydrogen-bond donors (Lipinski definition) is 3. The molecule has 8 heteroatoms. The number of allylic oxidation sites excluding steroid dienone is 2. The highest BCUT2D eigenvalue weighted by Gasteiger charge is 2.31. The molecule has 0 bridgehead atoms. The summed E-state index contributed by atoms with van der Waals surface area (Å²) in [6, 6.07) is 0. The number of hydrogen-bond acceptors (Lipinski definition) is 4. The lowest BCUT2D eigenvalue weighted by Crippen LogP contribution is -2.18. The van der Waals surface area contributed by atoms with E-state index in [1.165, 1.54) is 0 Å². The minimum absolute atomic E-state index is 0.351. The second-order valence-corrected chi connectivity index (χ2v) is 2.24. The van der Waals surface area contributed by atoms with Crippen LogP contribution in [0.15, 0.2) is 28.9 Å². The van der Waals surface area contributed by atoms with Crippen LogP contribution in [0.25, 0.3) is 0 Å². The topological polar surface area (TPSA) is 78.8 Å². The van der Waals surface area contributed by atoms with Crippen molar-refractivity contribution in [1.29, 1.82) is 0 Å². The molecule has 0 aromatic heterocycles. The van der Waals surface area contributed by atoms with Crippen molar-refractivity contribution in [2.24, 2.45) is 10.7 Å². The fourth-order valence-electron chi connectivity index (χ4n) is 0.421. The van der Waals surface area contributed by atoms with Gasteiger partial charge in [0.15, 0.2) is 0 Å². The largest absolute Gasteiger partial charge is 0.491 e. The summed E-state index contributed by atoms with van der Waals surface area (Å²) < 4.78 is 35.4. The van der Waals surface area contributed by atoms with E-state index in [0.717, 1.165) is 6.20 Å². The Morgan fingerprint density at radius 3 is 2.21 bits per heavy atom. The van der Waals surface area contributed by atoms with Crippen LogP contribution >= 0.6 is 0 Å². The summed E-state index contributed by atoms with van der Waals surface area (Å²) in [6.45, 7) is 2.64. The number of halogens is 3. The van der Waals surface area contributed by atoms with E-state index in [4.69, 9.17) is 15.8 Å². The second kappa shape index (κ2) is 4.82. The predicted octanol–water partition coefficient (Wildman–Crippen LogP) is -0.0122. The molecular weight excluding hydrogens is 200 g/mol. The van der Waals surface area contributed by atoms with Gasteiger partial charge in [-0.2, -0.15) is 13.2 Å². The monoisotopic (exact) mass is 208 g/mol. The number of nitrogens with zero attached hydrogens (tertiary/aromatic N) is 1. The van der Waals surface area contributed by atoms with Gasteiger partial charge in [0, 0.05) is 11.7 Å². The molecule has 0 spiro atoms. The minimum Gasteiger partial charge on any atom is -0.423 e. The van der Waals surface area contributed by atoms with E-state index in [9.17, 15) is 13.2 Å². The Hall–Kier alpha value is -1.28. The van der Waals surface area contributed by atoms with E-state index in [2.05, 4.69) is 11.6 Å². The lowest BCUT2D eigenvalue weighted by molar-refractivity contribution is -0.0918. The van der Waals surface area contributed by atoms with Gasteiger partial charge in [-0.15, -0.1) is 0 Å². The molecule has 0 saturated heterocycles. The van der Waals surface area contributed by atoms with Crippen molar-refractivity contribution in [3.63, 3.8) is 0 Å². The molecule has 0 aromatic carbocycles. The Morgan fingerprint density at radius 2 is 1.93 bits per heavy atom. The first kappa shape index (κ1) is 12.7. The standard InChI is InChI=1S/C6H8BF3N2O2/c1-4(6(8,9)10)12-3-5(2-11)7(13)14/h2-3,13-14H,1,11H2/b5-2+,12-3?. The molecule has 0 aromatic rings. The van der Waals surface area contributed by atoms with Gasteiger partial charge in [0.05, 0.1) is 0 Å². The van der Waals surface area contributed by atoms with Gasteiger partial charge in [-0.3, -0.25) is 4.99 Å². The Balaban J connectivity index is 4.53. The van der Waals surface area contributed by atoms with Gasteiger partial charge >= 0.3 is 13.3 Å². The quantitative estimate of drug-likeness (QED) is 0.450. The van der Waals surface area contributed by atoms with E-state index < -0.39 is 19.0 Å². The molecule has 0 rings (SSSR count). The average Bonchev–Trinajstić information content (AvgIpc) is 2.02. The number of aliphatic imine (C=N–C) groups is 1. The molecular formula is C6H8BF3N2O2. The van der Waals surface area contributed by atoms with E-state index in [1.54, 1.807) is 0 Å². The molecule has 0 heterocycles. The Bertz CT molecular complexity index is 273. The van der Waals surface area contributed by atoms with Gasteiger partial charge < -0.3 is 15.8 Å². The van der Waals surface area contributed by atoms with Crippen molar-refractivity contribution in [2.75, 3.05) is 0 Å². The predicted molar refractivity (Wildman–Crippen MR) is 46.1 cm³/mol. The Kier molecular flexibility index (Phi) is 4.38. The van der Waals surface area contributed by atoms with Gasteiger partial charge in [-0.1, -0.05) is 6.58 Å². The highest BCUT2D eigenvalue weighted by atomic mass is 19.4. The molecule has 0 atom stereocenters. The maximum absolute atomic E-state index is 11.8. The Labute approximate surface area is 78.4 Å². The van der Waals surface area contributed by atoms with Gasteiger partial charge in [0.2, 0.25) is 0 Å². The zero-order chi connectivity index (χ0) is 11.4. The molecule has 0 fully saturated rings. The summed E-state index contributed by atoms with van der Waals surface area (Å²) in [7, 11) is -1.97. The first-order chi connectivity index (χ1) is 6.29. The van der Waals surface area contributed by atoms with Crippen LogP contribution in [-0.4, -0.2) is 29.6 Å². The SMILES string of the molecule is C=C(N=C/C(=C\N)B(O)O)C(F)(F)F. The third kappa shape index (κ3) is 4.10. The summed E-state index contributed by atoms with van der Waals surface area (Å²) in [5.41, 5.74) is 3.18. The van der Waals surface area contributed by atoms with Crippen LogP contribution in [0.5, 0.6) is 0 Å². The normalized spacial score (nSPS) is 13.4. The summed E-state index contributed by atoms with van der Waals surface area (Å²) in [4.78, 5) is 2.88. The van der Waals surface area contributed by atoms with Crippen LogP contribution in [-0.2, 0) is 0 Å². The van der Waals surface area contributed by atoms with Gasteiger partial charge in [0.25, 0.3) is 0 Å². The number of nitrogens with two attached hydrogens (primary N) is 1. The van der Waals surface area contributed by atoms with Crippen molar-refractivity contribution in [3.8, 4) is 0 Å². The van der Waals surface area contributed by atoms with Crippen molar-refractivity contribution < 1.29 is 23.2 Å². The third-order valence-electron chi connectivity index (χ3n) is 1.19. The highest BCUT2D eigenvalue weighted by molar-refractivity contribution is 6.56. The first-order valence-corrected chi connectivity index (χ1v) is 3.37. The summed E-state index contributed by atoms with van der Waals surface area (Å²) in [5.74, 6) is 0. The molecule has 0 radical (unpaired) electrons. The summed E-state index contributed by atoms with van der Waals surface area (Å²) in [6.07, 6.45) is -3.32. The molecule has 78 valence electrons. The van der Waals surface area contributed by atoms with E-state index in [0.29, 0.717) is 6.21 Å². The van der Waals surface area contributed by atoms with E-state index in [-0.39, 0.29) is 5.47 Å². The van der Waals surface area contributed by atoms with E-state index >= 15 is 0 Å². The first-order valence-electron chi connectivity index (χ1n) is 3.37. The lowest BCUT2D eigenvalue weighted by atomic mass is 9.81.